The Morgan fingerprint density at radius 3 is 2.44 bits per heavy atom. The average Bonchev–Trinajstić information content (AvgIpc) is 2.41. The Morgan fingerprint density at radius 2 is 1.94 bits per heavy atom. The predicted octanol–water partition coefficient (Wildman–Crippen LogP) is 1.94. The second-order valence-electron chi connectivity index (χ2n) is 6.29. The van der Waals surface area contributed by atoms with Crippen LogP contribution in [-0.2, 0) is 4.74 Å². The van der Waals surface area contributed by atoms with Crippen molar-refractivity contribution in [1.29, 1.82) is 0 Å². The maximum Gasteiger partial charge on any atom is 0.0697 e. The quantitative estimate of drug-likeness (QED) is 0.774. The maximum atomic E-state index is 9.97. The second kappa shape index (κ2) is 5.48. The number of ether oxygens (including phenoxy) is 1. The maximum absolute atomic E-state index is 9.97. The molecule has 1 aliphatic carbocycles. The van der Waals surface area contributed by atoms with Crippen LogP contribution >= 0.6 is 0 Å². The van der Waals surface area contributed by atoms with Crippen molar-refractivity contribution >= 4 is 0 Å². The molecule has 3 atom stereocenters. The van der Waals surface area contributed by atoms with Gasteiger partial charge < -0.3 is 15.2 Å². The third-order valence-electron chi connectivity index (χ3n) is 2.91. The fraction of sp³-hybridized carbons (Fsp3) is 1.00. The highest BCUT2D eigenvalue weighted by molar-refractivity contribution is 4.91. The first-order chi connectivity index (χ1) is 7.28. The molecule has 0 amide bonds. The zero-order valence-electron chi connectivity index (χ0n) is 11.3. The molecule has 3 nitrogen and oxygen atoms in total. The Bertz CT molecular complexity index is 210. The highest BCUT2D eigenvalue weighted by Crippen LogP contribution is 2.28. The Labute approximate surface area is 99.6 Å². The third kappa shape index (κ3) is 4.81. The van der Waals surface area contributed by atoms with Crippen LogP contribution in [-0.4, -0.2) is 35.5 Å². The van der Waals surface area contributed by atoms with Gasteiger partial charge in [0.15, 0.2) is 0 Å². The van der Waals surface area contributed by atoms with E-state index in [-0.39, 0.29) is 23.8 Å². The monoisotopic (exact) mass is 229 g/mol. The lowest BCUT2D eigenvalue weighted by Gasteiger charge is -2.27. The van der Waals surface area contributed by atoms with Gasteiger partial charge in [-0.3, -0.25) is 0 Å². The number of aliphatic hydroxyl groups excluding tert-OH is 1. The normalized spacial score (nSPS) is 31.3. The van der Waals surface area contributed by atoms with E-state index in [1.807, 2.05) is 0 Å². The van der Waals surface area contributed by atoms with Gasteiger partial charge in [0.25, 0.3) is 0 Å². The molecule has 0 spiro atoms. The summed E-state index contributed by atoms with van der Waals surface area (Å²) in [6.07, 6.45) is 1.94. The first-order valence-electron chi connectivity index (χ1n) is 6.35. The van der Waals surface area contributed by atoms with Crippen LogP contribution in [0.25, 0.3) is 0 Å². The van der Waals surface area contributed by atoms with Crippen LogP contribution in [0.3, 0.4) is 0 Å². The lowest BCUT2D eigenvalue weighted by molar-refractivity contribution is 0.0486. The van der Waals surface area contributed by atoms with Gasteiger partial charge in [-0.2, -0.15) is 0 Å². The zero-order valence-corrected chi connectivity index (χ0v) is 11.3. The van der Waals surface area contributed by atoms with E-state index in [2.05, 4.69) is 39.9 Å². The van der Waals surface area contributed by atoms with Crippen LogP contribution in [0.5, 0.6) is 0 Å². The van der Waals surface area contributed by atoms with E-state index in [0.717, 1.165) is 19.4 Å². The van der Waals surface area contributed by atoms with E-state index in [0.29, 0.717) is 5.92 Å². The van der Waals surface area contributed by atoms with Crippen molar-refractivity contribution in [2.75, 3.05) is 6.61 Å². The minimum atomic E-state index is -0.222. The molecule has 2 N–H and O–H groups in total. The zero-order chi connectivity index (χ0) is 12.3. The predicted molar refractivity (Wildman–Crippen MR) is 66.5 cm³/mol. The van der Waals surface area contributed by atoms with Crippen molar-refractivity contribution in [3.05, 3.63) is 0 Å². The summed E-state index contributed by atoms with van der Waals surface area (Å²) in [7, 11) is 0. The molecule has 1 fully saturated rings. The lowest BCUT2D eigenvalue weighted by atomic mass is 10.0. The molecule has 0 radical (unpaired) electrons. The Kier molecular flexibility index (Phi) is 4.77. The van der Waals surface area contributed by atoms with Crippen molar-refractivity contribution in [3.8, 4) is 0 Å². The molecule has 16 heavy (non-hydrogen) atoms. The van der Waals surface area contributed by atoms with Crippen LogP contribution in [0, 0.1) is 5.92 Å². The Hall–Kier alpha value is -0.120. The van der Waals surface area contributed by atoms with Crippen LogP contribution in [0.15, 0.2) is 0 Å². The van der Waals surface area contributed by atoms with Gasteiger partial charge in [-0.05, 0) is 53.4 Å². The topological polar surface area (TPSA) is 41.5 Å². The number of aliphatic hydroxyl groups is 1. The van der Waals surface area contributed by atoms with Gasteiger partial charge in [-0.1, -0.05) is 0 Å². The summed E-state index contributed by atoms with van der Waals surface area (Å²) in [5.74, 6) is 0.497. The van der Waals surface area contributed by atoms with Gasteiger partial charge in [0.05, 0.1) is 12.2 Å². The second-order valence-corrected chi connectivity index (χ2v) is 6.29. The van der Waals surface area contributed by atoms with Crippen LogP contribution in [0.1, 0.15) is 47.5 Å². The summed E-state index contributed by atoms with van der Waals surface area (Å²) in [5, 5.41) is 13.4. The van der Waals surface area contributed by atoms with E-state index in [9.17, 15) is 5.11 Å². The average molecular weight is 229 g/mol. The molecule has 0 heterocycles. The third-order valence-corrected chi connectivity index (χ3v) is 2.91. The van der Waals surface area contributed by atoms with Gasteiger partial charge >= 0.3 is 0 Å². The van der Waals surface area contributed by atoms with Crippen LogP contribution in [0.4, 0.5) is 0 Å². The molecule has 0 aromatic heterocycles. The molecule has 1 aliphatic rings. The van der Waals surface area contributed by atoms with Gasteiger partial charge in [-0.15, -0.1) is 0 Å². The highest BCUT2D eigenvalue weighted by Gasteiger charge is 2.34. The Balaban J connectivity index is 2.35. The summed E-state index contributed by atoms with van der Waals surface area (Å²) in [5.41, 5.74) is 0.0689. The van der Waals surface area contributed by atoms with Crippen LogP contribution < -0.4 is 5.32 Å². The number of rotatable bonds is 4. The summed E-state index contributed by atoms with van der Waals surface area (Å²) >= 11 is 0. The van der Waals surface area contributed by atoms with Gasteiger partial charge in [0.1, 0.15) is 0 Å². The summed E-state index contributed by atoms with van der Waals surface area (Å²) in [6, 6.07) is 0.223. The fourth-order valence-electron chi connectivity index (χ4n) is 2.29. The van der Waals surface area contributed by atoms with E-state index >= 15 is 0 Å². The molecular weight excluding hydrogens is 202 g/mol. The summed E-state index contributed by atoms with van der Waals surface area (Å²) in [6.45, 7) is 11.3. The molecule has 0 bridgehead atoms. The molecule has 1 rings (SSSR count). The van der Waals surface area contributed by atoms with Gasteiger partial charge in [0, 0.05) is 18.2 Å². The van der Waals surface area contributed by atoms with Crippen molar-refractivity contribution in [2.24, 2.45) is 5.92 Å². The largest absolute Gasteiger partial charge is 0.391 e. The standard InChI is InChI=1S/C13H27NO2/c1-9(2)16-8-10-6-11(12(15)7-10)14-13(3,4)5/h9-12,14-15H,6-8H2,1-5H3. The lowest BCUT2D eigenvalue weighted by Crippen LogP contribution is -2.47. The van der Waals surface area contributed by atoms with Crippen LogP contribution in [0.2, 0.25) is 0 Å². The van der Waals surface area contributed by atoms with E-state index in [1.165, 1.54) is 0 Å². The Morgan fingerprint density at radius 1 is 1.31 bits per heavy atom. The van der Waals surface area contributed by atoms with Crippen molar-refractivity contribution in [2.45, 2.75) is 71.2 Å². The fourth-order valence-corrected chi connectivity index (χ4v) is 2.29. The van der Waals surface area contributed by atoms with Crippen molar-refractivity contribution < 1.29 is 9.84 Å². The SMILES string of the molecule is CC(C)OCC1CC(O)C(NC(C)(C)C)C1. The van der Waals surface area contributed by atoms with Crippen molar-refractivity contribution in [1.82, 2.24) is 5.32 Å². The summed E-state index contributed by atoms with van der Waals surface area (Å²) < 4.78 is 5.61. The number of nitrogens with one attached hydrogen (secondary N) is 1. The smallest absolute Gasteiger partial charge is 0.0697 e. The van der Waals surface area contributed by atoms with Gasteiger partial charge in [-0.25, -0.2) is 0 Å². The van der Waals surface area contributed by atoms with E-state index in [1.54, 1.807) is 0 Å². The first-order valence-corrected chi connectivity index (χ1v) is 6.35. The number of hydrogen-bond acceptors (Lipinski definition) is 3. The number of hydrogen-bond donors (Lipinski definition) is 2. The minimum Gasteiger partial charge on any atom is -0.391 e. The molecule has 0 aliphatic heterocycles. The van der Waals surface area contributed by atoms with E-state index in [4.69, 9.17) is 4.74 Å². The highest BCUT2D eigenvalue weighted by atomic mass is 16.5. The molecule has 3 heteroatoms. The first kappa shape index (κ1) is 13.9. The molecule has 3 unspecified atom stereocenters. The molecule has 0 aromatic rings. The molecule has 0 saturated heterocycles. The van der Waals surface area contributed by atoms with E-state index < -0.39 is 0 Å². The van der Waals surface area contributed by atoms with Gasteiger partial charge in [0.2, 0.25) is 0 Å². The molecule has 96 valence electrons. The molecule has 0 aromatic carbocycles. The summed E-state index contributed by atoms with van der Waals surface area (Å²) in [4.78, 5) is 0. The van der Waals surface area contributed by atoms with Crippen molar-refractivity contribution in [3.63, 3.8) is 0 Å². The minimum absolute atomic E-state index is 0.0689. The molecule has 1 saturated carbocycles. The molecular formula is C13H27NO2.